The summed E-state index contributed by atoms with van der Waals surface area (Å²) in [5.74, 6) is -0.255. The van der Waals surface area contributed by atoms with Gasteiger partial charge in [-0.05, 0) is 23.8 Å². The minimum absolute atomic E-state index is 0.138. The molecule has 0 saturated heterocycles. The van der Waals surface area contributed by atoms with Crippen LogP contribution >= 0.6 is 0 Å². The largest absolute Gasteiger partial charge is 0.378 e. The van der Waals surface area contributed by atoms with Crippen LogP contribution in [0.4, 0.5) is 5.69 Å². The van der Waals surface area contributed by atoms with Gasteiger partial charge in [0.1, 0.15) is 11.6 Å². The first-order chi connectivity index (χ1) is 10.1. The van der Waals surface area contributed by atoms with E-state index in [4.69, 9.17) is 0 Å². The first-order valence-corrected chi connectivity index (χ1v) is 6.61. The summed E-state index contributed by atoms with van der Waals surface area (Å²) in [6.45, 7) is 0. The highest BCUT2D eigenvalue weighted by molar-refractivity contribution is 6.14. The molecule has 0 aromatic heterocycles. The van der Waals surface area contributed by atoms with Gasteiger partial charge in [0.15, 0.2) is 0 Å². The number of carbonyl (C=O) groups is 1. The molecule has 2 aromatic rings. The van der Waals surface area contributed by atoms with E-state index < -0.39 is 0 Å². The van der Waals surface area contributed by atoms with Crippen LogP contribution in [0.5, 0.6) is 0 Å². The number of carbonyl (C=O) groups excluding carboxylic acids is 1. The molecule has 0 bridgehead atoms. The van der Waals surface area contributed by atoms with E-state index in [1.165, 1.54) is 0 Å². The van der Waals surface area contributed by atoms with E-state index in [-0.39, 0.29) is 11.4 Å². The molecule has 0 amide bonds. The number of rotatable bonds is 4. The average Bonchev–Trinajstić information content (AvgIpc) is 2.53. The Morgan fingerprint density at radius 3 is 2.19 bits per heavy atom. The van der Waals surface area contributed by atoms with Crippen LogP contribution in [0.2, 0.25) is 0 Å². The molecule has 0 radical (unpaired) electrons. The topological polar surface area (TPSA) is 44.1 Å². The molecule has 0 atom stereocenters. The van der Waals surface area contributed by atoms with Gasteiger partial charge in [-0.1, -0.05) is 42.5 Å². The van der Waals surface area contributed by atoms with Gasteiger partial charge in [-0.25, -0.2) is 0 Å². The smallest absolute Gasteiger partial charge is 0.203 e. The van der Waals surface area contributed by atoms with Crippen LogP contribution in [-0.2, 0) is 0 Å². The molecule has 2 aromatic carbocycles. The number of hydrogen-bond donors (Lipinski definition) is 0. The van der Waals surface area contributed by atoms with Gasteiger partial charge in [-0.15, -0.1) is 0 Å². The van der Waals surface area contributed by atoms with Gasteiger partial charge in [0.25, 0.3) is 0 Å². The number of ketones is 1. The zero-order valence-electron chi connectivity index (χ0n) is 12.1. The first kappa shape index (κ1) is 14.5. The Morgan fingerprint density at radius 1 is 1.05 bits per heavy atom. The predicted molar refractivity (Wildman–Crippen MR) is 85.1 cm³/mol. The fourth-order valence-corrected chi connectivity index (χ4v) is 1.93. The van der Waals surface area contributed by atoms with Gasteiger partial charge in [0.2, 0.25) is 5.78 Å². The molecule has 0 aliphatic heterocycles. The lowest BCUT2D eigenvalue weighted by molar-refractivity contribution is 0.104. The van der Waals surface area contributed by atoms with Gasteiger partial charge in [0, 0.05) is 25.3 Å². The number of Topliss-reactive ketones (excluding diaryl/α,β-unsaturated/α-hetero) is 1. The molecule has 21 heavy (non-hydrogen) atoms. The molecule has 3 nitrogen and oxygen atoms in total. The van der Waals surface area contributed by atoms with Crippen molar-refractivity contribution in [3.8, 4) is 6.07 Å². The molecule has 0 aliphatic carbocycles. The van der Waals surface area contributed by atoms with Crippen molar-refractivity contribution >= 4 is 17.5 Å². The number of allylic oxidation sites excluding steroid dienone is 1. The van der Waals surface area contributed by atoms with Crippen LogP contribution in [-0.4, -0.2) is 19.9 Å². The fourth-order valence-electron chi connectivity index (χ4n) is 1.93. The SMILES string of the molecule is CN(C)c1ccc(/C=C(/C#N)C(=O)c2ccccc2)cc1. The number of benzene rings is 2. The summed E-state index contributed by atoms with van der Waals surface area (Å²) in [7, 11) is 3.93. The molecule has 104 valence electrons. The van der Waals surface area contributed by atoms with Crippen LogP contribution in [0.15, 0.2) is 60.2 Å². The fraction of sp³-hybridized carbons (Fsp3) is 0.111. The predicted octanol–water partition coefficient (Wildman–Crippen LogP) is 3.54. The van der Waals surface area contributed by atoms with E-state index in [1.54, 1.807) is 30.3 Å². The highest BCUT2D eigenvalue weighted by Crippen LogP contribution is 2.16. The normalized spacial score (nSPS) is 10.8. The maximum absolute atomic E-state index is 12.3. The van der Waals surface area contributed by atoms with Crippen molar-refractivity contribution in [3.63, 3.8) is 0 Å². The van der Waals surface area contributed by atoms with Crippen LogP contribution < -0.4 is 4.90 Å². The lowest BCUT2D eigenvalue weighted by Crippen LogP contribution is -2.08. The Kier molecular flexibility index (Phi) is 4.53. The van der Waals surface area contributed by atoms with Crippen molar-refractivity contribution in [1.29, 1.82) is 5.26 Å². The lowest BCUT2D eigenvalue weighted by atomic mass is 10.0. The van der Waals surface area contributed by atoms with Gasteiger partial charge in [0.05, 0.1) is 0 Å². The van der Waals surface area contributed by atoms with Crippen molar-refractivity contribution in [3.05, 3.63) is 71.3 Å². The molecular formula is C18H16N2O. The number of nitrogens with zero attached hydrogens (tertiary/aromatic N) is 2. The van der Waals surface area contributed by atoms with E-state index in [0.29, 0.717) is 5.56 Å². The summed E-state index contributed by atoms with van der Waals surface area (Å²) in [6, 6.07) is 18.5. The Labute approximate surface area is 124 Å². The molecule has 3 heteroatoms. The van der Waals surface area contributed by atoms with E-state index >= 15 is 0 Å². The maximum atomic E-state index is 12.3. The molecule has 0 aliphatic rings. The van der Waals surface area contributed by atoms with Crippen LogP contribution in [0.3, 0.4) is 0 Å². The standard InChI is InChI=1S/C18H16N2O/c1-20(2)17-10-8-14(9-11-17)12-16(13-19)18(21)15-6-4-3-5-7-15/h3-12H,1-2H3/b16-12-. The minimum atomic E-state index is -0.255. The second kappa shape index (κ2) is 6.53. The van der Waals surface area contributed by atoms with Crippen molar-refractivity contribution in [2.24, 2.45) is 0 Å². The highest BCUT2D eigenvalue weighted by Gasteiger charge is 2.11. The Balaban J connectivity index is 2.29. The number of nitriles is 1. The summed E-state index contributed by atoms with van der Waals surface area (Å²) in [6.07, 6.45) is 1.62. The monoisotopic (exact) mass is 276 g/mol. The number of hydrogen-bond acceptors (Lipinski definition) is 3. The molecule has 0 heterocycles. The third-order valence-corrected chi connectivity index (χ3v) is 3.12. The van der Waals surface area contributed by atoms with Gasteiger partial charge < -0.3 is 4.90 Å². The maximum Gasteiger partial charge on any atom is 0.203 e. The molecular weight excluding hydrogens is 260 g/mol. The highest BCUT2D eigenvalue weighted by atomic mass is 16.1. The zero-order valence-corrected chi connectivity index (χ0v) is 12.1. The summed E-state index contributed by atoms with van der Waals surface area (Å²) in [4.78, 5) is 14.3. The van der Waals surface area contributed by atoms with E-state index in [1.807, 2.05) is 55.4 Å². The third-order valence-electron chi connectivity index (χ3n) is 3.12. The van der Waals surface area contributed by atoms with Crippen LogP contribution in [0, 0.1) is 11.3 Å². The van der Waals surface area contributed by atoms with E-state index in [9.17, 15) is 10.1 Å². The summed E-state index contributed by atoms with van der Waals surface area (Å²) < 4.78 is 0. The second-order valence-corrected chi connectivity index (χ2v) is 4.85. The molecule has 2 rings (SSSR count). The summed E-state index contributed by atoms with van der Waals surface area (Å²) in [5.41, 5.74) is 2.57. The van der Waals surface area contributed by atoms with Crippen molar-refractivity contribution in [1.82, 2.24) is 0 Å². The molecule has 0 fully saturated rings. The molecule has 0 N–H and O–H groups in total. The van der Waals surface area contributed by atoms with Crippen LogP contribution in [0.25, 0.3) is 6.08 Å². The lowest BCUT2D eigenvalue weighted by Gasteiger charge is -2.11. The Hall–Kier alpha value is -2.86. The summed E-state index contributed by atoms with van der Waals surface area (Å²) >= 11 is 0. The molecule has 0 spiro atoms. The molecule has 0 unspecified atom stereocenters. The number of anilines is 1. The van der Waals surface area contributed by atoms with Crippen molar-refractivity contribution in [2.75, 3.05) is 19.0 Å². The van der Waals surface area contributed by atoms with E-state index in [0.717, 1.165) is 11.3 Å². The van der Waals surface area contributed by atoms with E-state index in [2.05, 4.69) is 0 Å². The van der Waals surface area contributed by atoms with Gasteiger partial charge >= 0.3 is 0 Å². The van der Waals surface area contributed by atoms with Crippen molar-refractivity contribution < 1.29 is 4.79 Å². The quantitative estimate of drug-likeness (QED) is 0.487. The Bertz CT molecular complexity index is 692. The minimum Gasteiger partial charge on any atom is -0.378 e. The molecule has 0 saturated carbocycles. The van der Waals surface area contributed by atoms with Gasteiger partial charge in [-0.2, -0.15) is 5.26 Å². The van der Waals surface area contributed by atoms with Crippen LogP contribution in [0.1, 0.15) is 15.9 Å². The van der Waals surface area contributed by atoms with Gasteiger partial charge in [-0.3, -0.25) is 4.79 Å². The average molecular weight is 276 g/mol. The summed E-state index contributed by atoms with van der Waals surface area (Å²) in [5, 5.41) is 9.21. The third kappa shape index (κ3) is 3.58. The first-order valence-electron chi connectivity index (χ1n) is 6.61. The second-order valence-electron chi connectivity index (χ2n) is 4.85. The zero-order chi connectivity index (χ0) is 15.2. The van der Waals surface area contributed by atoms with Crippen molar-refractivity contribution in [2.45, 2.75) is 0 Å². The Morgan fingerprint density at radius 2 is 1.67 bits per heavy atom.